The van der Waals surface area contributed by atoms with Crippen molar-refractivity contribution in [1.82, 2.24) is 15.1 Å². The third-order valence-electron chi connectivity index (χ3n) is 5.65. The molecule has 6 heteroatoms. The predicted molar refractivity (Wildman–Crippen MR) is 106 cm³/mol. The summed E-state index contributed by atoms with van der Waals surface area (Å²) in [5.74, 6) is 2.34. The van der Waals surface area contributed by atoms with E-state index in [2.05, 4.69) is 24.1 Å². The van der Waals surface area contributed by atoms with Crippen molar-refractivity contribution in [2.75, 3.05) is 39.3 Å². The Hall–Kier alpha value is -1.95. The Labute approximate surface area is 162 Å². The van der Waals surface area contributed by atoms with Crippen molar-refractivity contribution in [3.8, 4) is 11.5 Å². The minimum absolute atomic E-state index is 0.0304. The SMILES string of the molecule is CCN(CC1COc2ccccc2O1)C(=O)NCC(C)N1CCC(C)CC1. The van der Waals surface area contributed by atoms with E-state index in [0.29, 0.717) is 32.3 Å². The van der Waals surface area contributed by atoms with Gasteiger partial charge in [-0.15, -0.1) is 0 Å². The smallest absolute Gasteiger partial charge is 0.317 e. The van der Waals surface area contributed by atoms with Crippen LogP contribution in [0.5, 0.6) is 11.5 Å². The topological polar surface area (TPSA) is 54.0 Å². The summed E-state index contributed by atoms with van der Waals surface area (Å²) in [5, 5.41) is 3.10. The van der Waals surface area contributed by atoms with Gasteiger partial charge in [0.1, 0.15) is 6.61 Å². The first-order chi connectivity index (χ1) is 13.1. The van der Waals surface area contributed by atoms with Crippen LogP contribution in [0, 0.1) is 5.92 Å². The molecule has 1 fully saturated rings. The minimum atomic E-state index is -0.147. The van der Waals surface area contributed by atoms with Crippen LogP contribution in [0.2, 0.25) is 0 Å². The van der Waals surface area contributed by atoms with Gasteiger partial charge in [-0.2, -0.15) is 0 Å². The lowest BCUT2D eigenvalue weighted by Crippen LogP contribution is -2.51. The fraction of sp³-hybridized carbons (Fsp3) is 0.667. The summed E-state index contributed by atoms with van der Waals surface area (Å²) in [4.78, 5) is 16.9. The number of ether oxygens (including phenoxy) is 2. The molecule has 0 saturated carbocycles. The Kier molecular flexibility index (Phi) is 6.83. The Morgan fingerprint density at radius 1 is 1.30 bits per heavy atom. The second kappa shape index (κ2) is 9.31. The third kappa shape index (κ3) is 5.28. The number of carbonyl (C=O) groups excluding carboxylic acids is 1. The maximum Gasteiger partial charge on any atom is 0.317 e. The Morgan fingerprint density at radius 2 is 2.00 bits per heavy atom. The second-order valence-electron chi connectivity index (χ2n) is 7.79. The molecular formula is C21H33N3O3. The Bertz CT molecular complexity index is 616. The molecule has 1 N–H and O–H groups in total. The van der Waals surface area contributed by atoms with Gasteiger partial charge in [-0.1, -0.05) is 19.1 Å². The average molecular weight is 376 g/mol. The molecule has 1 aromatic rings. The molecule has 2 aliphatic rings. The molecule has 3 rings (SSSR count). The van der Waals surface area contributed by atoms with Gasteiger partial charge in [0.05, 0.1) is 6.54 Å². The zero-order chi connectivity index (χ0) is 19.2. The molecule has 0 aliphatic carbocycles. The van der Waals surface area contributed by atoms with Crippen molar-refractivity contribution in [1.29, 1.82) is 0 Å². The number of carbonyl (C=O) groups is 1. The summed E-state index contributed by atoms with van der Waals surface area (Å²) >= 11 is 0. The predicted octanol–water partition coefficient (Wildman–Crippen LogP) is 2.98. The number of para-hydroxylation sites is 2. The van der Waals surface area contributed by atoms with Crippen LogP contribution in [0.3, 0.4) is 0 Å². The summed E-state index contributed by atoms with van der Waals surface area (Å²) in [6, 6.07) is 7.99. The van der Waals surface area contributed by atoms with Crippen molar-refractivity contribution in [2.24, 2.45) is 5.92 Å². The molecular weight excluding hydrogens is 342 g/mol. The summed E-state index contributed by atoms with van der Waals surface area (Å²) < 4.78 is 11.7. The summed E-state index contributed by atoms with van der Waals surface area (Å²) in [7, 11) is 0. The summed E-state index contributed by atoms with van der Waals surface area (Å²) in [5.41, 5.74) is 0. The molecule has 1 saturated heterocycles. The number of likely N-dealkylation sites (N-methyl/N-ethyl adjacent to an activating group) is 1. The molecule has 2 amide bonds. The summed E-state index contributed by atoms with van der Waals surface area (Å²) in [6.07, 6.45) is 2.35. The fourth-order valence-corrected chi connectivity index (χ4v) is 3.70. The highest BCUT2D eigenvalue weighted by atomic mass is 16.6. The van der Waals surface area contributed by atoms with E-state index < -0.39 is 0 Å². The lowest BCUT2D eigenvalue weighted by atomic mass is 9.98. The first-order valence-corrected chi connectivity index (χ1v) is 10.2. The van der Waals surface area contributed by atoms with E-state index in [9.17, 15) is 4.79 Å². The lowest BCUT2D eigenvalue weighted by Gasteiger charge is -2.35. The average Bonchev–Trinajstić information content (AvgIpc) is 2.70. The van der Waals surface area contributed by atoms with E-state index >= 15 is 0 Å². The second-order valence-corrected chi connectivity index (χ2v) is 7.79. The normalized spacial score (nSPS) is 21.5. The molecule has 0 bridgehead atoms. The quantitative estimate of drug-likeness (QED) is 0.831. The van der Waals surface area contributed by atoms with E-state index in [1.807, 2.05) is 31.2 Å². The number of hydrogen-bond acceptors (Lipinski definition) is 4. The number of urea groups is 1. The molecule has 2 atom stereocenters. The Balaban J connectivity index is 1.45. The highest BCUT2D eigenvalue weighted by Crippen LogP contribution is 2.31. The van der Waals surface area contributed by atoms with Crippen LogP contribution in [-0.2, 0) is 0 Å². The van der Waals surface area contributed by atoms with Crippen LogP contribution in [0.15, 0.2) is 24.3 Å². The van der Waals surface area contributed by atoms with E-state index in [-0.39, 0.29) is 12.1 Å². The number of hydrogen-bond donors (Lipinski definition) is 1. The van der Waals surface area contributed by atoms with Gasteiger partial charge in [-0.3, -0.25) is 4.90 Å². The standard InChI is InChI=1S/C21H33N3O3/c1-4-23(14-18-15-26-19-7-5-6-8-20(19)27-18)21(25)22-13-17(3)24-11-9-16(2)10-12-24/h5-8,16-18H,4,9-15H2,1-3H3,(H,22,25). The molecule has 0 radical (unpaired) electrons. The van der Waals surface area contributed by atoms with Crippen LogP contribution in [0.25, 0.3) is 0 Å². The first-order valence-electron chi connectivity index (χ1n) is 10.2. The summed E-state index contributed by atoms with van der Waals surface area (Å²) in [6.45, 7) is 11.1. The van der Waals surface area contributed by atoms with Crippen molar-refractivity contribution >= 4 is 6.03 Å². The molecule has 150 valence electrons. The van der Waals surface area contributed by atoms with Gasteiger partial charge in [0.15, 0.2) is 17.6 Å². The van der Waals surface area contributed by atoms with Crippen LogP contribution in [-0.4, -0.2) is 67.3 Å². The number of piperidine rings is 1. The lowest BCUT2D eigenvalue weighted by molar-refractivity contribution is 0.0670. The van der Waals surface area contributed by atoms with Crippen molar-refractivity contribution in [2.45, 2.75) is 45.8 Å². The molecule has 0 aromatic heterocycles. The zero-order valence-corrected chi connectivity index (χ0v) is 16.8. The van der Waals surface area contributed by atoms with Gasteiger partial charge in [0, 0.05) is 19.1 Å². The number of nitrogens with zero attached hydrogens (tertiary/aromatic N) is 2. The largest absolute Gasteiger partial charge is 0.486 e. The fourth-order valence-electron chi connectivity index (χ4n) is 3.70. The molecule has 2 aliphatic heterocycles. The molecule has 27 heavy (non-hydrogen) atoms. The van der Waals surface area contributed by atoms with Gasteiger partial charge < -0.3 is 19.7 Å². The van der Waals surface area contributed by atoms with Gasteiger partial charge >= 0.3 is 6.03 Å². The van der Waals surface area contributed by atoms with Crippen molar-refractivity contribution in [3.05, 3.63) is 24.3 Å². The molecule has 0 spiro atoms. The van der Waals surface area contributed by atoms with Gasteiger partial charge in [-0.25, -0.2) is 4.79 Å². The van der Waals surface area contributed by atoms with Crippen LogP contribution in [0.1, 0.15) is 33.6 Å². The first kappa shape index (κ1) is 19.8. The Morgan fingerprint density at radius 3 is 2.70 bits per heavy atom. The van der Waals surface area contributed by atoms with Gasteiger partial charge in [-0.05, 0) is 57.8 Å². The number of fused-ring (bicyclic) bond motifs is 1. The number of rotatable bonds is 6. The van der Waals surface area contributed by atoms with Crippen LogP contribution >= 0.6 is 0 Å². The zero-order valence-electron chi connectivity index (χ0n) is 16.8. The molecule has 2 unspecified atom stereocenters. The van der Waals surface area contributed by atoms with Gasteiger partial charge in [0.25, 0.3) is 0 Å². The molecule has 6 nitrogen and oxygen atoms in total. The van der Waals surface area contributed by atoms with Crippen molar-refractivity contribution < 1.29 is 14.3 Å². The minimum Gasteiger partial charge on any atom is -0.486 e. The maximum atomic E-state index is 12.6. The molecule has 1 aromatic carbocycles. The van der Waals surface area contributed by atoms with E-state index in [1.54, 1.807) is 4.90 Å². The van der Waals surface area contributed by atoms with E-state index in [4.69, 9.17) is 9.47 Å². The van der Waals surface area contributed by atoms with Crippen LogP contribution < -0.4 is 14.8 Å². The number of likely N-dealkylation sites (tertiary alicyclic amines) is 1. The third-order valence-corrected chi connectivity index (χ3v) is 5.65. The van der Waals surface area contributed by atoms with E-state index in [1.165, 1.54) is 12.8 Å². The number of nitrogens with one attached hydrogen (secondary N) is 1. The highest BCUT2D eigenvalue weighted by molar-refractivity contribution is 5.74. The van der Waals surface area contributed by atoms with E-state index in [0.717, 1.165) is 30.5 Å². The highest BCUT2D eigenvalue weighted by Gasteiger charge is 2.26. The van der Waals surface area contributed by atoms with Crippen molar-refractivity contribution in [3.63, 3.8) is 0 Å². The van der Waals surface area contributed by atoms with Crippen LogP contribution in [0.4, 0.5) is 4.79 Å². The molecule has 2 heterocycles. The number of benzene rings is 1. The number of amides is 2. The van der Waals surface area contributed by atoms with Gasteiger partial charge in [0.2, 0.25) is 0 Å². The monoisotopic (exact) mass is 375 g/mol. The maximum absolute atomic E-state index is 12.6.